The average Bonchev–Trinajstić information content (AvgIpc) is 2.53. The number of hydrogen-bond acceptors (Lipinski definition) is 3. The Kier molecular flexibility index (Phi) is 5.55. The Balaban J connectivity index is 2.07. The largest absolute Gasteiger partial charge is 0.354 e. The number of sulfone groups is 1. The van der Waals surface area contributed by atoms with E-state index in [0.717, 1.165) is 11.1 Å². The SMILES string of the molecule is CC(C)NC(=O)CCS(=O)(=O)c1ccc(-c2ccccc2)cc1. The highest BCUT2D eigenvalue weighted by Crippen LogP contribution is 2.21. The predicted octanol–water partition coefficient (Wildman–Crippen LogP) is 3.04. The van der Waals surface area contributed by atoms with Crippen molar-refractivity contribution in [1.82, 2.24) is 5.32 Å². The van der Waals surface area contributed by atoms with Gasteiger partial charge in [0.25, 0.3) is 0 Å². The van der Waals surface area contributed by atoms with Crippen LogP contribution in [0.4, 0.5) is 0 Å². The number of rotatable bonds is 6. The molecule has 0 heterocycles. The van der Waals surface area contributed by atoms with Crippen LogP contribution in [0.2, 0.25) is 0 Å². The van der Waals surface area contributed by atoms with Crippen LogP contribution in [-0.2, 0) is 14.6 Å². The Morgan fingerprint density at radius 1 is 0.957 bits per heavy atom. The first-order valence-electron chi connectivity index (χ1n) is 7.56. The minimum absolute atomic E-state index is 0.00959. The van der Waals surface area contributed by atoms with Crippen molar-refractivity contribution in [1.29, 1.82) is 0 Å². The van der Waals surface area contributed by atoms with Crippen molar-refractivity contribution >= 4 is 15.7 Å². The zero-order chi connectivity index (χ0) is 16.9. The van der Waals surface area contributed by atoms with Crippen LogP contribution in [0.25, 0.3) is 11.1 Å². The highest BCUT2D eigenvalue weighted by atomic mass is 32.2. The van der Waals surface area contributed by atoms with E-state index in [2.05, 4.69) is 5.32 Å². The summed E-state index contributed by atoms with van der Waals surface area (Å²) in [5.41, 5.74) is 2.00. The fourth-order valence-electron chi connectivity index (χ4n) is 2.22. The summed E-state index contributed by atoms with van der Waals surface area (Å²) >= 11 is 0. The Bertz CT molecular complexity index is 751. The molecule has 0 saturated carbocycles. The van der Waals surface area contributed by atoms with Gasteiger partial charge in [0.15, 0.2) is 9.84 Å². The van der Waals surface area contributed by atoms with Crippen molar-refractivity contribution in [3.63, 3.8) is 0 Å². The maximum absolute atomic E-state index is 12.3. The Hall–Kier alpha value is -2.14. The van der Waals surface area contributed by atoms with Crippen molar-refractivity contribution in [3.8, 4) is 11.1 Å². The van der Waals surface area contributed by atoms with Crippen molar-refractivity contribution < 1.29 is 13.2 Å². The summed E-state index contributed by atoms with van der Waals surface area (Å²) in [5.74, 6) is -0.430. The minimum atomic E-state index is -3.45. The minimum Gasteiger partial charge on any atom is -0.354 e. The molecule has 2 rings (SSSR count). The van der Waals surface area contributed by atoms with E-state index in [1.807, 2.05) is 44.2 Å². The number of benzene rings is 2. The number of carbonyl (C=O) groups excluding carboxylic acids is 1. The van der Waals surface area contributed by atoms with Crippen LogP contribution in [0, 0.1) is 0 Å². The van der Waals surface area contributed by atoms with E-state index in [-0.39, 0.29) is 29.0 Å². The third-order valence-corrected chi connectivity index (χ3v) is 5.10. The van der Waals surface area contributed by atoms with E-state index in [1.54, 1.807) is 24.3 Å². The molecule has 4 nitrogen and oxygen atoms in total. The molecule has 0 aliphatic rings. The molecule has 5 heteroatoms. The molecular formula is C18H21NO3S. The van der Waals surface area contributed by atoms with Gasteiger partial charge in [0.1, 0.15) is 0 Å². The van der Waals surface area contributed by atoms with Crippen LogP contribution in [0.5, 0.6) is 0 Å². The fourth-order valence-corrected chi connectivity index (χ4v) is 3.46. The lowest BCUT2D eigenvalue weighted by Crippen LogP contribution is -2.31. The van der Waals surface area contributed by atoms with Gasteiger partial charge in [-0.3, -0.25) is 4.79 Å². The third kappa shape index (κ3) is 4.93. The van der Waals surface area contributed by atoms with Gasteiger partial charge in [-0.05, 0) is 37.1 Å². The summed E-state index contributed by atoms with van der Waals surface area (Å²) in [5, 5.41) is 2.69. The topological polar surface area (TPSA) is 63.2 Å². The fraction of sp³-hybridized carbons (Fsp3) is 0.278. The Morgan fingerprint density at radius 3 is 2.09 bits per heavy atom. The number of hydrogen-bond donors (Lipinski definition) is 1. The molecule has 2 aromatic rings. The van der Waals surface area contributed by atoms with Gasteiger partial charge >= 0.3 is 0 Å². The zero-order valence-corrected chi connectivity index (χ0v) is 14.1. The standard InChI is InChI=1S/C18H21NO3S/c1-14(2)19-18(20)12-13-23(21,22)17-10-8-16(9-11-17)15-6-4-3-5-7-15/h3-11,14H,12-13H2,1-2H3,(H,19,20). The molecule has 0 bridgehead atoms. The highest BCUT2D eigenvalue weighted by molar-refractivity contribution is 7.91. The van der Waals surface area contributed by atoms with Crippen LogP contribution in [-0.4, -0.2) is 26.1 Å². The van der Waals surface area contributed by atoms with E-state index in [9.17, 15) is 13.2 Å². The summed E-state index contributed by atoms with van der Waals surface area (Å²) in [6.45, 7) is 3.68. The highest BCUT2D eigenvalue weighted by Gasteiger charge is 2.16. The molecular weight excluding hydrogens is 310 g/mol. The summed E-state index contributed by atoms with van der Waals surface area (Å²) in [7, 11) is -3.45. The molecule has 0 aliphatic heterocycles. The molecule has 1 amide bonds. The first kappa shape index (κ1) is 17.2. The third-order valence-electron chi connectivity index (χ3n) is 3.37. The summed E-state index contributed by atoms with van der Waals surface area (Å²) in [4.78, 5) is 11.8. The van der Waals surface area contributed by atoms with E-state index in [4.69, 9.17) is 0 Å². The summed E-state index contributed by atoms with van der Waals surface area (Å²) < 4.78 is 24.6. The lowest BCUT2D eigenvalue weighted by molar-refractivity contribution is -0.121. The van der Waals surface area contributed by atoms with Gasteiger partial charge in [0, 0.05) is 12.5 Å². The van der Waals surface area contributed by atoms with Crippen LogP contribution in [0.15, 0.2) is 59.5 Å². The van der Waals surface area contributed by atoms with Gasteiger partial charge < -0.3 is 5.32 Å². The summed E-state index contributed by atoms with van der Waals surface area (Å²) in [6, 6.07) is 16.5. The molecule has 0 unspecified atom stereocenters. The molecule has 0 fully saturated rings. The number of carbonyl (C=O) groups is 1. The van der Waals surface area contributed by atoms with Gasteiger partial charge in [-0.15, -0.1) is 0 Å². The quantitative estimate of drug-likeness (QED) is 0.885. The Morgan fingerprint density at radius 2 is 1.52 bits per heavy atom. The maximum Gasteiger partial charge on any atom is 0.221 e. The molecule has 0 saturated heterocycles. The molecule has 0 aromatic heterocycles. The van der Waals surface area contributed by atoms with E-state index in [1.165, 1.54) is 0 Å². The van der Waals surface area contributed by atoms with Crippen molar-refractivity contribution in [2.75, 3.05) is 5.75 Å². The number of amides is 1. The first-order valence-corrected chi connectivity index (χ1v) is 9.21. The van der Waals surface area contributed by atoms with Gasteiger partial charge in [-0.2, -0.15) is 0 Å². The van der Waals surface area contributed by atoms with Crippen LogP contribution in [0.1, 0.15) is 20.3 Å². The molecule has 0 spiro atoms. The van der Waals surface area contributed by atoms with Crippen LogP contribution >= 0.6 is 0 Å². The second-order valence-electron chi connectivity index (χ2n) is 5.68. The normalized spacial score (nSPS) is 11.4. The smallest absolute Gasteiger partial charge is 0.221 e. The monoisotopic (exact) mass is 331 g/mol. The lowest BCUT2D eigenvalue weighted by atomic mass is 10.1. The van der Waals surface area contributed by atoms with Gasteiger partial charge in [-0.25, -0.2) is 8.42 Å². The molecule has 0 radical (unpaired) electrons. The van der Waals surface area contributed by atoms with Crippen molar-refractivity contribution in [3.05, 3.63) is 54.6 Å². The molecule has 1 N–H and O–H groups in total. The molecule has 23 heavy (non-hydrogen) atoms. The zero-order valence-electron chi connectivity index (χ0n) is 13.3. The van der Waals surface area contributed by atoms with E-state index < -0.39 is 9.84 Å². The second kappa shape index (κ2) is 7.42. The van der Waals surface area contributed by atoms with Gasteiger partial charge in [0.05, 0.1) is 10.6 Å². The summed E-state index contributed by atoms with van der Waals surface area (Å²) in [6.07, 6.45) is -0.0268. The number of nitrogens with one attached hydrogen (secondary N) is 1. The van der Waals surface area contributed by atoms with Crippen LogP contribution in [0.3, 0.4) is 0 Å². The second-order valence-corrected chi connectivity index (χ2v) is 7.79. The maximum atomic E-state index is 12.3. The lowest BCUT2D eigenvalue weighted by Gasteiger charge is -2.09. The molecule has 122 valence electrons. The molecule has 0 aliphatic carbocycles. The van der Waals surface area contributed by atoms with Crippen molar-refractivity contribution in [2.45, 2.75) is 31.2 Å². The average molecular weight is 331 g/mol. The van der Waals surface area contributed by atoms with Crippen LogP contribution < -0.4 is 5.32 Å². The van der Waals surface area contributed by atoms with E-state index in [0.29, 0.717) is 0 Å². The first-order chi connectivity index (χ1) is 10.9. The van der Waals surface area contributed by atoms with Crippen molar-refractivity contribution in [2.24, 2.45) is 0 Å². The molecule has 0 atom stereocenters. The van der Waals surface area contributed by atoms with Gasteiger partial charge in [-0.1, -0.05) is 42.5 Å². The van der Waals surface area contributed by atoms with Gasteiger partial charge in [0.2, 0.25) is 5.91 Å². The molecule has 2 aromatic carbocycles. The van der Waals surface area contributed by atoms with E-state index >= 15 is 0 Å². The Labute approximate surface area is 137 Å². The predicted molar refractivity (Wildman–Crippen MR) is 91.8 cm³/mol.